The van der Waals surface area contributed by atoms with Crippen molar-refractivity contribution in [3.63, 3.8) is 0 Å². The quantitative estimate of drug-likeness (QED) is 0.769. The summed E-state index contributed by atoms with van der Waals surface area (Å²) in [5.41, 5.74) is 1.23. The fraction of sp³-hybridized carbons (Fsp3) is 0.273. The Balaban J connectivity index is 2.27. The summed E-state index contributed by atoms with van der Waals surface area (Å²) in [6.45, 7) is 5.76. The number of hydrogen-bond donors (Lipinski definition) is 2. The lowest BCUT2D eigenvalue weighted by Gasteiger charge is -2.19. The SMILES string of the molecule is COc1ccccc1/C=C(\NC(=O)C(C)(C)C)C(=O)NCc1ccccc1. The van der Waals surface area contributed by atoms with Crippen molar-refractivity contribution in [2.45, 2.75) is 27.3 Å². The first-order chi connectivity index (χ1) is 12.8. The molecule has 2 aromatic rings. The number of rotatable bonds is 6. The Bertz CT molecular complexity index is 821. The Morgan fingerprint density at radius 2 is 1.63 bits per heavy atom. The Morgan fingerprint density at radius 1 is 1.00 bits per heavy atom. The van der Waals surface area contributed by atoms with E-state index in [1.807, 2.05) is 48.5 Å². The van der Waals surface area contributed by atoms with Crippen LogP contribution in [0.4, 0.5) is 0 Å². The number of benzene rings is 2. The number of carbonyl (C=O) groups is 2. The molecule has 2 rings (SSSR count). The van der Waals surface area contributed by atoms with Crippen molar-refractivity contribution in [3.05, 3.63) is 71.4 Å². The van der Waals surface area contributed by atoms with Crippen molar-refractivity contribution < 1.29 is 14.3 Å². The average Bonchev–Trinajstić information content (AvgIpc) is 2.66. The molecule has 0 saturated carbocycles. The van der Waals surface area contributed by atoms with E-state index in [4.69, 9.17) is 4.74 Å². The Morgan fingerprint density at radius 3 is 2.26 bits per heavy atom. The van der Waals surface area contributed by atoms with Gasteiger partial charge in [-0.15, -0.1) is 0 Å². The molecular formula is C22H26N2O3. The summed E-state index contributed by atoms with van der Waals surface area (Å²) >= 11 is 0. The van der Waals surface area contributed by atoms with Gasteiger partial charge in [-0.1, -0.05) is 69.3 Å². The summed E-state index contributed by atoms with van der Waals surface area (Å²) < 4.78 is 5.34. The number of methoxy groups -OCH3 is 1. The molecule has 0 radical (unpaired) electrons. The third-order valence-electron chi connectivity index (χ3n) is 3.91. The van der Waals surface area contributed by atoms with E-state index >= 15 is 0 Å². The maximum absolute atomic E-state index is 12.7. The molecule has 0 bridgehead atoms. The van der Waals surface area contributed by atoms with E-state index in [9.17, 15) is 9.59 Å². The number of nitrogens with one attached hydrogen (secondary N) is 2. The summed E-state index contributed by atoms with van der Waals surface area (Å²) in [6.07, 6.45) is 1.63. The van der Waals surface area contributed by atoms with Crippen molar-refractivity contribution in [2.75, 3.05) is 7.11 Å². The molecule has 5 nitrogen and oxygen atoms in total. The molecule has 0 aliphatic heterocycles. The first kappa shape index (κ1) is 20.2. The van der Waals surface area contributed by atoms with Gasteiger partial charge in [0.15, 0.2) is 0 Å². The zero-order valence-electron chi connectivity index (χ0n) is 16.2. The highest BCUT2D eigenvalue weighted by molar-refractivity contribution is 6.02. The van der Waals surface area contributed by atoms with E-state index in [-0.39, 0.29) is 17.5 Å². The molecule has 27 heavy (non-hydrogen) atoms. The van der Waals surface area contributed by atoms with E-state index in [2.05, 4.69) is 10.6 Å². The zero-order valence-corrected chi connectivity index (χ0v) is 16.2. The van der Waals surface area contributed by atoms with Crippen LogP contribution in [0, 0.1) is 5.41 Å². The first-order valence-electron chi connectivity index (χ1n) is 8.79. The standard InChI is InChI=1S/C22H26N2O3/c1-22(2,3)21(26)24-18(14-17-12-8-9-13-19(17)27-4)20(25)23-15-16-10-6-5-7-11-16/h5-14H,15H2,1-4H3,(H,23,25)(H,24,26)/b18-14-. The van der Waals surface area contributed by atoms with Crippen molar-refractivity contribution in [1.82, 2.24) is 10.6 Å². The minimum atomic E-state index is -0.625. The van der Waals surface area contributed by atoms with Gasteiger partial charge in [0.25, 0.3) is 5.91 Å². The molecular weight excluding hydrogens is 340 g/mol. The predicted molar refractivity (Wildman–Crippen MR) is 107 cm³/mol. The second kappa shape index (κ2) is 9.03. The topological polar surface area (TPSA) is 67.4 Å². The van der Waals surface area contributed by atoms with E-state index in [0.29, 0.717) is 17.9 Å². The van der Waals surface area contributed by atoms with Gasteiger partial charge in [0, 0.05) is 17.5 Å². The van der Waals surface area contributed by atoms with Crippen molar-refractivity contribution in [1.29, 1.82) is 0 Å². The lowest BCUT2D eigenvalue weighted by Crippen LogP contribution is -2.39. The molecule has 2 amide bonds. The zero-order chi connectivity index (χ0) is 19.9. The van der Waals surface area contributed by atoms with Crippen LogP contribution in [-0.4, -0.2) is 18.9 Å². The van der Waals surface area contributed by atoms with Crippen LogP contribution in [0.5, 0.6) is 5.75 Å². The minimum absolute atomic E-state index is 0.176. The molecule has 0 fully saturated rings. The van der Waals surface area contributed by atoms with Gasteiger partial charge in [0.05, 0.1) is 7.11 Å². The van der Waals surface area contributed by atoms with Crippen LogP contribution in [0.1, 0.15) is 31.9 Å². The van der Waals surface area contributed by atoms with Crippen LogP contribution in [0.15, 0.2) is 60.3 Å². The highest BCUT2D eigenvalue weighted by Gasteiger charge is 2.24. The molecule has 5 heteroatoms. The van der Waals surface area contributed by atoms with Gasteiger partial charge in [-0.2, -0.15) is 0 Å². The number of ether oxygens (including phenoxy) is 1. The lowest BCUT2D eigenvalue weighted by molar-refractivity contribution is -0.129. The van der Waals surface area contributed by atoms with Crippen LogP contribution in [0.25, 0.3) is 6.08 Å². The molecule has 0 aliphatic carbocycles. The molecule has 2 aromatic carbocycles. The molecule has 0 atom stereocenters. The molecule has 0 heterocycles. The smallest absolute Gasteiger partial charge is 0.268 e. The number of carbonyl (C=O) groups excluding carboxylic acids is 2. The van der Waals surface area contributed by atoms with Crippen molar-refractivity contribution in [3.8, 4) is 5.75 Å². The van der Waals surface area contributed by atoms with Crippen LogP contribution in [-0.2, 0) is 16.1 Å². The third kappa shape index (κ3) is 5.99. The maximum atomic E-state index is 12.7. The van der Waals surface area contributed by atoms with Crippen molar-refractivity contribution in [2.24, 2.45) is 5.41 Å². The molecule has 0 aromatic heterocycles. The third-order valence-corrected chi connectivity index (χ3v) is 3.91. The second-order valence-electron chi connectivity index (χ2n) is 7.17. The van der Waals surface area contributed by atoms with Gasteiger partial charge in [-0.25, -0.2) is 0 Å². The van der Waals surface area contributed by atoms with Gasteiger partial charge in [0.2, 0.25) is 5.91 Å². The largest absolute Gasteiger partial charge is 0.496 e. The summed E-state index contributed by atoms with van der Waals surface area (Å²) in [6, 6.07) is 16.9. The van der Waals surface area contributed by atoms with Crippen molar-refractivity contribution >= 4 is 17.9 Å². The molecule has 0 saturated heterocycles. The first-order valence-corrected chi connectivity index (χ1v) is 8.79. The lowest BCUT2D eigenvalue weighted by atomic mass is 9.95. The average molecular weight is 366 g/mol. The highest BCUT2D eigenvalue weighted by Crippen LogP contribution is 2.21. The Kier molecular flexibility index (Phi) is 6.77. The van der Waals surface area contributed by atoms with E-state index in [0.717, 1.165) is 5.56 Å². The van der Waals surface area contributed by atoms with Crippen LogP contribution in [0.3, 0.4) is 0 Å². The predicted octanol–water partition coefficient (Wildman–Crippen LogP) is 3.51. The van der Waals surface area contributed by atoms with Crippen LogP contribution in [0.2, 0.25) is 0 Å². The number of para-hydroxylation sites is 1. The van der Waals surface area contributed by atoms with Gasteiger partial charge < -0.3 is 15.4 Å². The van der Waals surface area contributed by atoms with Gasteiger partial charge >= 0.3 is 0 Å². The van der Waals surface area contributed by atoms with E-state index in [1.54, 1.807) is 40.0 Å². The van der Waals surface area contributed by atoms with E-state index in [1.165, 1.54) is 0 Å². The Hall–Kier alpha value is -3.08. The van der Waals surface area contributed by atoms with Gasteiger partial charge in [0.1, 0.15) is 11.4 Å². The molecule has 142 valence electrons. The molecule has 2 N–H and O–H groups in total. The molecule has 0 spiro atoms. The minimum Gasteiger partial charge on any atom is -0.496 e. The summed E-state index contributed by atoms with van der Waals surface area (Å²) in [5.74, 6) is 0.0248. The van der Waals surface area contributed by atoms with Crippen LogP contribution >= 0.6 is 0 Å². The fourth-order valence-electron chi connectivity index (χ4n) is 2.28. The summed E-state index contributed by atoms with van der Waals surface area (Å²) in [4.78, 5) is 25.2. The molecule has 0 unspecified atom stereocenters. The normalized spacial score (nSPS) is 11.6. The summed E-state index contributed by atoms with van der Waals surface area (Å²) in [7, 11) is 1.57. The van der Waals surface area contributed by atoms with E-state index < -0.39 is 5.41 Å². The Labute approximate surface area is 160 Å². The molecule has 0 aliphatic rings. The highest BCUT2D eigenvalue weighted by atomic mass is 16.5. The van der Waals surface area contributed by atoms with Gasteiger partial charge in [-0.05, 0) is 17.7 Å². The fourth-order valence-corrected chi connectivity index (χ4v) is 2.28. The second-order valence-corrected chi connectivity index (χ2v) is 7.17. The maximum Gasteiger partial charge on any atom is 0.268 e. The number of amides is 2. The number of hydrogen-bond acceptors (Lipinski definition) is 3. The monoisotopic (exact) mass is 366 g/mol. The van der Waals surface area contributed by atoms with Gasteiger partial charge in [-0.3, -0.25) is 9.59 Å². The summed E-state index contributed by atoms with van der Waals surface area (Å²) in [5, 5.41) is 5.60. The van der Waals surface area contributed by atoms with Crippen LogP contribution < -0.4 is 15.4 Å².